The first-order chi connectivity index (χ1) is 9.28. The molecule has 3 rings (SSSR count). The van der Waals surface area contributed by atoms with Crippen LogP contribution in [-0.2, 0) is 0 Å². The molecule has 0 radical (unpaired) electrons. The molecular formula is C12H19N7. The number of aromatic nitrogens is 4. The highest BCUT2D eigenvalue weighted by atomic mass is 15.3. The van der Waals surface area contributed by atoms with Crippen LogP contribution in [0, 0.1) is 5.92 Å². The molecule has 0 saturated heterocycles. The molecule has 1 saturated carbocycles. The van der Waals surface area contributed by atoms with Crippen molar-refractivity contribution in [1.29, 1.82) is 0 Å². The van der Waals surface area contributed by atoms with Crippen molar-refractivity contribution in [3.05, 3.63) is 6.20 Å². The van der Waals surface area contributed by atoms with Crippen LogP contribution in [0.25, 0.3) is 11.0 Å². The van der Waals surface area contributed by atoms with Crippen molar-refractivity contribution < 1.29 is 0 Å². The molecule has 5 N–H and O–H groups in total. The molecule has 7 nitrogen and oxygen atoms in total. The molecule has 0 aliphatic heterocycles. The number of rotatable bonds is 3. The first-order valence-electron chi connectivity index (χ1n) is 6.72. The van der Waals surface area contributed by atoms with Crippen LogP contribution in [0.15, 0.2) is 6.20 Å². The number of nitrogens with one attached hydrogen (secondary N) is 3. The Morgan fingerprint density at radius 3 is 2.95 bits per heavy atom. The molecule has 0 aromatic carbocycles. The van der Waals surface area contributed by atoms with Crippen LogP contribution in [0.4, 0.5) is 11.8 Å². The molecule has 2 aromatic rings. The number of hydrogen-bond acceptors (Lipinski definition) is 6. The van der Waals surface area contributed by atoms with E-state index in [-0.39, 0.29) is 0 Å². The SMILES string of the molecule is CC1CCCCC1Nc1nc(NN)nc2[nH]ncc12. The molecule has 2 aromatic heterocycles. The Morgan fingerprint density at radius 1 is 1.32 bits per heavy atom. The predicted octanol–water partition coefficient (Wildman–Crippen LogP) is 1.63. The summed E-state index contributed by atoms with van der Waals surface area (Å²) in [6.07, 6.45) is 6.77. The van der Waals surface area contributed by atoms with Crippen molar-refractivity contribution in [3.63, 3.8) is 0 Å². The Hall–Kier alpha value is -1.89. The fourth-order valence-electron chi connectivity index (χ4n) is 2.72. The normalized spacial score (nSPS) is 23.5. The molecule has 2 unspecified atom stereocenters. The number of nitrogen functional groups attached to an aromatic ring is 1. The minimum absolute atomic E-state index is 0.391. The van der Waals surface area contributed by atoms with Gasteiger partial charge in [0.05, 0.1) is 11.6 Å². The zero-order chi connectivity index (χ0) is 13.2. The van der Waals surface area contributed by atoms with Gasteiger partial charge >= 0.3 is 0 Å². The van der Waals surface area contributed by atoms with Gasteiger partial charge < -0.3 is 5.32 Å². The summed E-state index contributed by atoms with van der Waals surface area (Å²) in [5.41, 5.74) is 3.18. The van der Waals surface area contributed by atoms with E-state index in [1.807, 2.05) is 0 Å². The molecule has 1 aliphatic carbocycles. The predicted molar refractivity (Wildman–Crippen MR) is 74.5 cm³/mol. The van der Waals surface area contributed by atoms with E-state index in [9.17, 15) is 0 Å². The highest BCUT2D eigenvalue weighted by Gasteiger charge is 2.22. The van der Waals surface area contributed by atoms with Crippen LogP contribution < -0.4 is 16.6 Å². The molecule has 7 heteroatoms. The minimum atomic E-state index is 0.391. The van der Waals surface area contributed by atoms with E-state index in [4.69, 9.17) is 5.84 Å². The van der Waals surface area contributed by atoms with Gasteiger partial charge in [0, 0.05) is 6.04 Å². The highest BCUT2D eigenvalue weighted by molar-refractivity contribution is 5.87. The standard InChI is InChI=1S/C12H19N7/c1-7-4-2-3-5-9(7)15-10-8-6-14-19-11(8)17-12(16-10)18-13/h6-7,9H,2-5,13H2,1H3,(H3,14,15,16,17,18,19). The number of nitrogens with zero attached hydrogens (tertiary/aromatic N) is 3. The molecule has 1 fully saturated rings. The Bertz CT molecular complexity index is 564. The summed E-state index contributed by atoms with van der Waals surface area (Å²) < 4.78 is 0. The van der Waals surface area contributed by atoms with Crippen LogP contribution >= 0.6 is 0 Å². The Balaban J connectivity index is 1.92. The van der Waals surface area contributed by atoms with E-state index in [1.165, 1.54) is 25.7 Å². The molecule has 102 valence electrons. The molecule has 2 atom stereocenters. The van der Waals surface area contributed by atoms with Gasteiger partial charge in [0.25, 0.3) is 0 Å². The third kappa shape index (κ3) is 2.33. The highest BCUT2D eigenvalue weighted by Crippen LogP contribution is 2.28. The summed E-state index contributed by atoms with van der Waals surface area (Å²) >= 11 is 0. The van der Waals surface area contributed by atoms with E-state index < -0.39 is 0 Å². The van der Waals surface area contributed by atoms with Crippen LogP contribution in [0.1, 0.15) is 32.6 Å². The average molecular weight is 261 g/mol. The summed E-state index contributed by atoms with van der Waals surface area (Å²) in [5.74, 6) is 7.24. The molecule has 0 spiro atoms. The van der Waals surface area contributed by atoms with Gasteiger partial charge in [-0.15, -0.1) is 0 Å². The van der Waals surface area contributed by atoms with E-state index in [0.29, 0.717) is 23.6 Å². The maximum atomic E-state index is 5.40. The lowest BCUT2D eigenvalue weighted by Crippen LogP contribution is -2.31. The third-order valence-corrected chi connectivity index (χ3v) is 3.87. The summed E-state index contributed by atoms with van der Waals surface area (Å²) in [7, 11) is 0. The van der Waals surface area contributed by atoms with Crippen molar-refractivity contribution in [2.24, 2.45) is 11.8 Å². The third-order valence-electron chi connectivity index (χ3n) is 3.87. The Morgan fingerprint density at radius 2 is 2.16 bits per heavy atom. The first kappa shape index (κ1) is 12.2. The summed E-state index contributed by atoms with van der Waals surface area (Å²) in [6, 6.07) is 0.451. The van der Waals surface area contributed by atoms with Crippen molar-refractivity contribution in [3.8, 4) is 0 Å². The molecular weight excluding hydrogens is 242 g/mol. The van der Waals surface area contributed by atoms with Crippen LogP contribution in [0.3, 0.4) is 0 Å². The van der Waals surface area contributed by atoms with Crippen LogP contribution in [0.2, 0.25) is 0 Å². The first-order valence-corrected chi connectivity index (χ1v) is 6.72. The topological polar surface area (TPSA) is 105 Å². The molecule has 1 aliphatic rings. The van der Waals surface area contributed by atoms with Crippen LogP contribution in [0.5, 0.6) is 0 Å². The van der Waals surface area contributed by atoms with Gasteiger partial charge in [0.2, 0.25) is 5.95 Å². The summed E-state index contributed by atoms with van der Waals surface area (Å²) in [4.78, 5) is 8.62. The number of hydrogen-bond donors (Lipinski definition) is 4. The largest absolute Gasteiger partial charge is 0.366 e. The fourth-order valence-corrected chi connectivity index (χ4v) is 2.72. The molecule has 0 amide bonds. The lowest BCUT2D eigenvalue weighted by atomic mass is 9.86. The number of hydrazine groups is 1. The number of anilines is 2. The van der Waals surface area contributed by atoms with Crippen LogP contribution in [-0.4, -0.2) is 26.2 Å². The van der Waals surface area contributed by atoms with Gasteiger partial charge in [0.1, 0.15) is 5.82 Å². The van der Waals surface area contributed by atoms with E-state index >= 15 is 0 Å². The Kier molecular flexibility index (Phi) is 3.20. The number of H-pyrrole nitrogens is 1. The maximum absolute atomic E-state index is 5.40. The average Bonchev–Trinajstić information content (AvgIpc) is 2.89. The number of nitrogens with two attached hydrogens (primary N) is 1. The second-order valence-electron chi connectivity index (χ2n) is 5.19. The smallest absolute Gasteiger partial charge is 0.241 e. The van der Waals surface area contributed by atoms with Gasteiger partial charge in [-0.05, 0) is 18.8 Å². The second kappa shape index (κ2) is 5.00. The van der Waals surface area contributed by atoms with Gasteiger partial charge in [-0.3, -0.25) is 10.5 Å². The minimum Gasteiger partial charge on any atom is -0.366 e. The van der Waals surface area contributed by atoms with Gasteiger partial charge in [0.15, 0.2) is 5.65 Å². The second-order valence-corrected chi connectivity index (χ2v) is 5.19. The van der Waals surface area contributed by atoms with Gasteiger partial charge in [-0.25, -0.2) is 5.84 Å². The fraction of sp³-hybridized carbons (Fsp3) is 0.583. The monoisotopic (exact) mass is 261 g/mol. The number of fused-ring (bicyclic) bond motifs is 1. The van der Waals surface area contributed by atoms with E-state index in [1.54, 1.807) is 6.20 Å². The van der Waals surface area contributed by atoms with Crippen molar-refractivity contribution >= 4 is 22.8 Å². The van der Waals surface area contributed by atoms with Gasteiger partial charge in [-0.2, -0.15) is 15.1 Å². The summed E-state index contributed by atoms with van der Waals surface area (Å²) in [5, 5.41) is 11.3. The zero-order valence-corrected chi connectivity index (χ0v) is 11.0. The maximum Gasteiger partial charge on any atom is 0.241 e. The van der Waals surface area contributed by atoms with Crippen molar-refractivity contribution in [1.82, 2.24) is 20.2 Å². The van der Waals surface area contributed by atoms with Crippen molar-refractivity contribution in [2.45, 2.75) is 38.6 Å². The van der Waals surface area contributed by atoms with E-state index in [2.05, 4.69) is 37.8 Å². The van der Waals surface area contributed by atoms with E-state index in [0.717, 1.165) is 11.2 Å². The quantitative estimate of drug-likeness (QED) is 0.494. The summed E-state index contributed by atoms with van der Waals surface area (Å²) in [6.45, 7) is 2.28. The lowest BCUT2D eigenvalue weighted by Gasteiger charge is -2.30. The molecule has 19 heavy (non-hydrogen) atoms. The molecule has 2 heterocycles. The molecule has 0 bridgehead atoms. The van der Waals surface area contributed by atoms with Crippen molar-refractivity contribution in [2.75, 3.05) is 10.7 Å². The van der Waals surface area contributed by atoms with Gasteiger partial charge in [-0.1, -0.05) is 19.8 Å². The zero-order valence-electron chi connectivity index (χ0n) is 11.0. The lowest BCUT2D eigenvalue weighted by molar-refractivity contribution is 0.349. The number of aromatic amines is 1. The Labute approximate surface area is 111 Å².